The van der Waals surface area contributed by atoms with Crippen molar-refractivity contribution in [3.05, 3.63) is 106 Å². The number of nitrogens with zero attached hydrogens (tertiary/aromatic N) is 1. The maximum Gasteiger partial charge on any atom is 0.323 e. The Kier molecular flexibility index (Phi) is 10.6. The van der Waals surface area contributed by atoms with Gasteiger partial charge in [-0.25, -0.2) is 4.39 Å². The van der Waals surface area contributed by atoms with Crippen LogP contribution < -0.4 is 9.47 Å². The Balaban J connectivity index is 1.43. The van der Waals surface area contributed by atoms with E-state index < -0.39 is 17.8 Å². The number of aromatic nitrogens is 1. The number of benzene rings is 3. The molecular weight excluding hydrogens is 573 g/mol. The lowest BCUT2D eigenvalue weighted by molar-refractivity contribution is -0.138. The predicted octanol–water partition coefficient (Wildman–Crippen LogP) is 7.73. The maximum atomic E-state index is 15.1. The van der Waals surface area contributed by atoms with Crippen LogP contribution in [-0.2, 0) is 22.6 Å². The quantitative estimate of drug-likeness (QED) is 0.113. The topological polar surface area (TPSA) is 98.0 Å². The highest BCUT2D eigenvalue weighted by molar-refractivity contribution is 6.30. The Morgan fingerprint density at radius 3 is 2.33 bits per heavy atom. The van der Waals surface area contributed by atoms with Crippen molar-refractivity contribution in [3.8, 4) is 11.5 Å². The Labute approximate surface area is 254 Å². The van der Waals surface area contributed by atoms with Crippen molar-refractivity contribution >= 4 is 46.6 Å². The molecule has 1 aromatic heterocycles. The van der Waals surface area contributed by atoms with Gasteiger partial charge in [-0.1, -0.05) is 35.9 Å². The SMILES string of the molecule is Cc1cc(Cl)ccc1OC/C=C/COc1ccc(/C=C/c2ccc(F)c3c(CCCC(=O)O)c(C)n(CC(=O)O)c23)cc1. The highest BCUT2D eigenvalue weighted by atomic mass is 35.5. The highest BCUT2D eigenvalue weighted by Gasteiger charge is 2.21. The molecule has 224 valence electrons. The zero-order valence-electron chi connectivity index (χ0n) is 24.0. The molecule has 0 saturated heterocycles. The van der Waals surface area contributed by atoms with E-state index in [-0.39, 0.29) is 13.0 Å². The second-order valence-corrected chi connectivity index (χ2v) is 10.5. The summed E-state index contributed by atoms with van der Waals surface area (Å²) >= 11 is 5.97. The molecule has 0 saturated carbocycles. The molecule has 9 heteroatoms. The van der Waals surface area contributed by atoms with Gasteiger partial charge in [0.05, 0.1) is 5.52 Å². The van der Waals surface area contributed by atoms with Gasteiger partial charge < -0.3 is 24.3 Å². The Bertz CT molecular complexity index is 1670. The number of carbonyl (C=O) groups is 2. The van der Waals surface area contributed by atoms with Crippen LogP contribution in [0.2, 0.25) is 5.02 Å². The molecule has 0 aliphatic carbocycles. The molecule has 0 bridgehead atoms. The van der Waals surface area contributed by atoms with E-state index in [1.54, 1.807) is 23.6 Å². The molecule has 0 amide bonds. The van der Waals surface area contributed by atoms with Crippen molar-refractivity contribution in [3.63, 3.8) is 0 Å². The largest absolute Gasteiger partial charge is 0.490 e. The van der Waals surface area contributed by atoms with E-state index in [0.717, 1.165) is 16.9 Å². The molecule has 3 aromatic carbocycles. The number of hydrogen-bond donors (Lipinski definition) is 2. The average Bonchev–Trinajstić information content (AvgIpc) is 3.23. The van der Waals surface area contributed by atoms with Crippen LogP contribution in [-0.4, -0.2) is 39.9 Å². The molecule has 0 spiro atoms. The standard InChI is InChI=1S/C34H33ClFNO6/c1-22-20-26(35)13-17-30(22)43-19-4-3-18-42-27-14-9-24(10-15-27)8-11-25-12-16-29(36)33-28(6-5-7-31(38)39)23(2)37(34(25)33)21-32(40)41/h3-4,8-17,20H,5-7,18-19,21H2,1-2H3,(H,38,39)(H,40,41)/b4-3+,11-8+. The second kappa shape index (κ2) is 14.6. The Morgan fingerprint density at radius 2 is 1.65 bits per heavy atom. The molecular formula is C34H33ClFNO6. The van der Waals surface area contributed by atoms with Crippen LogP contribution in [0.3, 0.4) is 0 Å². The number of carboxylic acids is 2. The van der Waals surface area contributed by atoms with E-state index in [2.05, 4.69) is 0 Å². The zero-order chi connectivity index (χ0) is 30.9. The van der Waals surface area contributed by atoms with Gasteiger partial charge in [0.15, 0.2) is 0 Å². The van der Waals surface area contributed by atoms with Crippen LogP contribution in [0.25, 0.3) is 23.1 Å². The minimum absolute atomic E-state index is 0.0548. The molecule has 43 heavy (non-hydrogen) atoms. The molecule has 1 heterocycles. The van der Waals surface area contributed by atoms with Crippen LogP contribution in [0.4, 0.5) is 4.39 Å². The van der Waals surface area contributed by atoms with Crippen LogP contribution in [0.15, 0.2) is 66.7 Å². The summed E-state index contributed by atoms with van der Waals surface area (Å²) in [6.07, 6.45) is 8.05. The van der Waals surface area contributed by atoms with Crippen molar-refractivity contribution in [1.29, 1.82) is 0 Å². The summed E-state index contributed by atoms with van der Waals surface area (Å²) in [5.41, 5.74) is 4.23. The number of aryl methyl sites for hydroxylation is 2. The third-order valence-electron chi connectivity index (χ3n) is 7.00. The number of hydrogen-bond acceptors (Lipinski definition) is 4. The molecule has 7 nitrogen and oxygen atoms in total. The van der Waals surface area contributed by atoms with Gasteiger partial charge in [-0.05, 0) is 104 Å². The lowest BCUT2D eigenvalue weighted by atomic mass is 10.0. The molecule has 0 atom stereocenters. The maximum absolute atomic E-state index is 15.1. The lowest BCUT2D eigenvalue weighted by Gasteiger charge is -2.08. The van der Waals surface area contributed by atoms with Crippen molar-refractivity contribution in [1.82, 2.24) is 4.57 Å². The van der Waals surface area contributed by atoms with E-state index in [1.807, 2.05) is 67.6 Å². The van der Waals surface area contributed by atoms with E-state index in [1.165, 1.54) is 6.07 Å². The molecule has 0 unspecified atom stereocenters. The first-order valence-corrected chi connectivity index (χ1v) is 14.2. The first kappa shape index (κ1) is 31.4. The van der Waals surface area contributed by atoms with E-state index in [4.69, 9.17) is 26.2 Å². The van der Waals surface area contributed by atoms with Gasteiger partial charge in [-0.15, -0.1) is 0 Å². The number of rotatable bonds is 14. The molecule has 2 N–H and O–H groups in total. The molecule has 0 fully saturated rings. The van der Waals surface area contributed by atoms with Crippen LogP contribution in [0.5, 0.6) is 11.5 Å². The van der Waals surface area contributed by atoms with Gasteiger partial charge in [0.1, 0.15) is 37.1 Å². The van der Waals surface area contributed by atoms with Gasteiger partial charge in [-0.2, -0.15) is 0 Å². The smallest absolute Gasteiger partial charge is 0.323 e. The van der Waals surface area contributed by atoms with Gasteiger partial charge in [0.25, 0.3) is 0 Å². The molecule has 0 aliphatic heterocycles. The first-order valence-electron chi connectivity index (χ1n) is 13.8. The summed E-state index contributed by atoms with van der Waals surface area (Å²) in [5.74, 6) is -0.976. The predicted molar refractivity (Wildman–Crippen MR) is 167 cm³/mol. The second-order valence-electron chi connectivity index (χ2n) is 10.1. The summed E-state index contributed by atoms with van der Waals surface area (Å²) in [6, 6.07) is 15.9. The summed E-state index contributed by atoms with van der Waals surface area (Å²) in [6.45, 7) is 4.13. The number of ether oxygens (including phenoxy) is 2. The molecule has 0 aliphatic rings. The summed E-state index contributed by atoms with van der Waals surface area (Å²) in [7, 11) is 0. The van der Waals surface area contributed by atoms with Crippen LogP contribution in [0, 0.1) is 19.7 Å². The van der Waals surface area contributed by atoms with E-state index in [0.29, 0.717) is 64.6 Å². The fourth-order valence-corrected chi connectivity index (χ4v) is 5.14. The van der Waals surface area contributed by atoms with Gasteiger partial charge in [-0.3, -0.25) is 9.59 Å². The Hall–Kier alpha value is -4.56. The molecule has 4 aromatic rings. The van der Waals surface area contributed by atoms with Crippen molar-refractivity contribution in [2.24, 2.45) is 0 Å². The zero-order valence-corrected chi connectivity index (χ0v) is 24.7. The van der Waals surface area contributed by atoms with Gasteiger partial charge in [0.2, 0.25) is 0 Å². The Morgan fingerprint density at radius 1 is 0.930 bits per heavy atom. The normalized spacial score (nSPS) is 11.5. The van der Waals surface area contributed by atoms with Crippen LogP contribution >= 0.6 is 11.6 Å². The average molecular weight is 606 g/mol. The fourth-order valence-electron chi connectivity index (χ4n) is 4.92. The first-order chi connectivity index (χ1) is 20.6. The summed E-state index contributed by atoms with van der Waals surface area (Å²) in [4.78, 5) is 22.7. The number of fused-ring (bicyclic) bond motifs is 1. The fraction of sp³-hybridized carbons (Fsp3) is 0.235. The van der Waals surface area contributed by atoms with Crippen LogP contribution in [0.1, 0.15) is 40.8 Å². The monoisotopic (exact) mass is 605 g/mol. The third-order valence-corrected chi connectivity index (χ3v) is 7.24. The minimum Gasteiger partial charge on any atom is -0.490 e. The van der Waals surface area contributed by atoms with E-state index >= 15 is 4.39 Å². The van der Waals surface area contributed by atoms with Gasteiger partial charge >= 0.3 is 11.9 Å². The molecule has 0 radical (unpaired) electrons. The highest BCUT2D eigenvalue weighted by Crippen LogP contribution is 2.33. The minimum atomic E-state index is -1.05. The van der Waals surface area contributed by atoms with Gasteiger partial charge in [0, 0.05) is 22.5 Å². The summed E-state index contributed by atoms with van der Waals surface area (Å²) in [5, 5.41) is 19.6. The number of aliphatic carboxylic acids is 2. The van der Waals surface area contributed by atoms with E-state index in [9.17, 15) is 14.7 Å². The third kappa shape index (κ3) is 8.26. The number of halogens is 2. The molecule has 4 rings (SSSR count). The summed E-state index contributed by atoms with van der Waals surface area (Å²) < 4.78 is 28.2. The van der Waals surface area contributed by atoms with Crippen molar-refractivity contribution < 1.29 is 33.7 Å². The number of carboxylic acid groups (broad SMARTS) is 2. The van der Waals surface area contributed by atoms with Crippen molar-refractivity contribution in [2.45, 2.75) is 39.7 Å². The van der Waals surface area contributed by atoms with Crippen molar-refractivity contribution in [2.75, 3.05) is 13.2 Å². The lowest BCUT2D eigenvalue weighted by Crippen LogP contribution is -2.10.